The number of pyridine rings is 1. The molecule has 0 amide bonds. The van der Waals surface area contributed by atoms with Crippen molar-refractivity contribution in [3.63, 3.8) is 0 Å². The largest absolute Gasteiger partial charge is 0.457 e. The average molecular weight is 572 g/mol. The highest BCUT2D eigenvalue weighted by molar-refractivity contribution is 14.0. The monoisotopic (exact) mass is 571 g/mol. The Morgan fingerprint density at radius 3 is 2.59 bits per heavy atom. The van der Waals surface area contributed by atoms with Crippen LogP contribution in [-0.4, -0.2) is 42.0 Å². The Balaban J connectivity index is 0.00000324. The van der Waals surface area contributed by atoms with Crippen LogP contribution in [0.4, 0.5) is 0 Å². The maximum atomic E-state index is 6.16. The minimum atomic E-state index is 0. The van der Waals surface area contributed by atoms with E-state index in [2.05, 4.69) is 56.7 Å². The predicted octanol–water partition coefficient (Wildman–Crippen LogP) is 5.13. The van der Waals surface area contributed by atoms with Gasteiger partial charge in [-0.05, 0) is 55.7 Å². The second-order valence-electron chi connectivity index (χ2n) is 8.47. The molecule has 34 heavy (non-hydrogen) atoms. The van der Waals surface area contributed by atoms with Crippen molar-refractivity contribution in [1.29, 1.82) is 0 Å². The first-order chi connectivity index (χ1) is 16.2. The normalized spacial score (nSPS) is 14.8. The maximum Gasteiger partial charge on any atom is 0.191 e. The van der Waals surface area contributed by atoms with Crippen molar-refractivity contribution in [1.82, 2.24) is 20.5 Å². The molecule has 1 aliphatic rings. The molecule has 0 saturated carbocycles. The zero-order valence-electron chi connectivity index (χ0n) is 19.9. The first-order valence-corrected chi connectivity index (χ1v) is 11.6. The van der Waals surface area contributed by atoms with Gasteiger partial charge in [0.15, 0.2) is 5.96 Å². The van der Waals surface area contributed by atoms with Gasteiger partial charge in [-0.25, -0.2) is 0 Å². The van der Waals surface area contributed by atoms with E-state index in [4.69, 9.17) is 4.74 Å². The molecule has 0 atom stereocenters. The molecule has 0 bridgehead atoms. The Labute approximate surface area is 219 Å². The van der Waals surface area contributed by atoms with E-state index in [0.29, 0.717) is 12.6 Å². The Bertz CT molecular complexity index is 1050. The summed E-state index contributed by atoms with van der Waals surface area (Å²) in [7, 11) is 1.82. The van der Waals surface area contributed by atoms with Crippen molar-refractivity contribution < 1.29 is 4.74 Å². The van der Waals surface area contributed by atoms with Gasteiger partial charge in [0.2, 0.25) is 0 Å². The Morgan fingerprint density at radius 1 is 1.06 bits per heavy atom. The summed E-state index contributed by atoms with van der Waals surface area (Å²) >= 11 is 0. The number of likely N-dealkylation sites (tertiary alicyclic amines) is 1. The molecule has 1 saturated heterocycles. The number of aryl methyl sites for hydroxylation is 1. The van der Waals surface area contributed by atoms with Gasteiger partial charge in [0.05, 0.1) is 5.69 Å². The number of hydrogen-bond donors (Lipinski definition) is 2. The third-order valence-electron chi connectivity index (χ3n) is 5.90. The summed E-state index contributed by atoms with van der Waals surface area (Å²) in [5.41, 5.74) is 3.40. The first kappa shape index (κ1) is 26.0. The minimum Gasteiger partial charge on any atom is -0.457 e. The van der Waals surface area contributed by atoms with E-state index in [1.807, 2.05) is 55.7 Å². The van der Waals surface area contributed by atoms with Crippen LogP contribution in [0, 0.1) is 6.92 Å². The second kappa shape index (κ2) is 13.3. The zero-order chi connectivity index (χ0) is 22.9. The van der Waals surface area contributed by atoms with E-state index < -0.39 is 0 Å². The predicted molar refractivity (Wildman–Crippen MR) is 149 cm³/mol. The van der Waals surface area contributed by atoms with Crippen LogP contribution in [0.2, 0.25) is 0 Å². The molecule has 1 aliphatic heterocycles. The third kappa shape index (κ3) is 7.70. The summed E-state index contributed by atoms with van der Waals surface area (Å²) in [6.07, 6.45) is 4.03. The summed E-state index contributed by atoms with van der Waals surface area (Å²) in [6, 6.07) is 22.8. The van der Waals surface area contributed by atoms with Crippen LogP contribution in [-0.2, 0) is 13.1 Å². The van der Waals surface area contributed by atoms with Gasteiger partial charge in [0, 0.05) is 51.0 Å². The van der Waals surface area contributed by atoms with E-state index in [0.717, 1.165) is 61.2 Å². The van der Waals surface area contributed by atoms with Gasteiger partial charge >= 0.3 is 0 Å². The quantitative estimate of drug-likeness (QED) is 0.234. The van der Waals surface area contributed by atoms with Crippen LogP contribution >= 0.6 is 24.0 Å². The number of nitrogens with one attached hydrogen (secondary N) is 2. The summed E-state index contributed by atoms with van der Waals surface area (Å²) < 4.78 is 6.16. The average Bonchev–Trinajstić information content (AvgIpc) is 2.84. The van der Waals surface area contributed by atoms with Gasteiger partial charge in [0.25, 0.3) is 0 Å². The molecule has 0 radical (unpaired) electrons. The summed E-state index contributed by atoms with van der Waals surface area (Å²) in [5, 5.41) is 7.05. The van der Waals surface area contributed by atoms with E-state index in [-0.39, 0.29) is 24.0 Å². The number of halogens is 1. The lowest BCUT2D eigenvalue weighted by Crippen LogP contribution is -2.48. The summed E-state index contributed by atoms with van der Waals surface area (Å²) in [6.45, 7) is 5.73. The zero-order valence-corrected chi connectivity index (χ0v) is 22.2. The fourth-order valence-corrected chi connectivity index (χ4v) is 4.08. The van der Waals surface area contributed by atoms with E-state index in [1.165, 1.54) is 5.56 Å². The van der Waals surface area contributed by atoms with Gasteiger partial charge in [-0.15, -0.1) is 24.0 Å². The standard InChI is InChI=1S/C27H33N5O.HI/c1-21-8-7-11-25(18-21)33-26-12-4-3-9-22(26)19-30-27(28-2)31-23-13-16-32(17-14-23)20-24-10-5-6-15-29-24;/h3-12,15,18,23H,13-14,16-17,19-20H2,1-2H3,(H2,28,30,31);1H. The smallest absolute Gasteiger partial charge is 0.191 e. The van der Waals surface area contributed by atoms with Crippen molar-refractivity contribution in [2.45, 2.75) is 38.9 Å². The van der Waals surface area contributed by atoms with E-state index in [1.54, 1.807) is 0 Å². The summed E-state index contributed by atoms with van der Waals surface area (Å²) in [5.74, 6) is 2.53. The van der Waals surface area contributed by atoms with Crippen molar-refractivity contribution in [2.24, 2.45) is 4.99 Å². The SMILES string of the molecule is CN=C(NCc1ccccc1Oc1cccc(C)c1)NC1CCN(Cc2ccccn2)CC1.I. The highest BCUT2D eigenvalue weighted by Crippen LogP contribution is 2.25. The molecule has 2 aromatic carbocycles. The topological polar surface area (TPSA) is 61.8 Å². The van der Waals surface area contributed by atoms with Crippen molar-refractivity contribution in [2.75, 3.05) is 20.1 Å². The molecule has 0 unspecified atom stereocenters. The Hall–Kier alpha value is -2.65. The van der Waals surface area contributed by atoms with Gasteiger partial charge in [-0.2, -0.15) is 0 Å². The molecule has 180 valence electrons. The molecular formula is C27H34IN5O. The van der Waals surface area contributed by atoms with Gasteiger partial charge in [0.1, 0.15) is 11.5 Å². The van der Waals surface area contributed by atoms with E-state index >= 15 is 0 Å². The maximum absolute atomic E-state index is 6.16. The number of aromatic nitrogens is 1. The molecule has 3 aromatic rings. The van der Waals surface area contributed by atoms with Gasteiger partial charge in [-0.1, -0.05) is 36.4 Å². The minimum absolute atomic E-state index is 0. The molecule has 4 rings (SSSR count). The molecule has 1 aromatic heterocycles. The highest BCUT2D eigenvalue weighted by atomic mass is 127. The number of aliphatic imine (C=N–C) groups is 1. The van der Waals surface area contributed by atoms with Crippen molar-refractivity contribution in [3.05, 3.63) is 89.7 Å². The molecule has 7 heteroatoms. The molecule has 1 fully saturated rings. The van der Waals surface area contributed by atoms with Crippen LogP contribution in [0.1, 0.15) is 29.7 Å². The van der Waals surface area contributed by atoms with Crippen molar-refractivity contribution >= 4 is 29.9 Å². The number of hydrogen-bond acceptors (Lipinski definition) is 4. The molecule has 2 heterocycles. The van der Waals surface area contributed by atoms with Crippen LogP contribution in [0.15, 0.2) is 77.9 Å². The van der Waals surface area contributed by atoms with Gasteiger partial charge < -0.3 is 15.4 Å². The second-order valence-corrected chi connectivity index (χ2v) is 8.47. The lowest BCUT2D eigenvalue weighted by Gasteiger charge is -2.32. The molecule has 6 nitrogen and oxygen atoms in total. The third-order valence-corrected chi connectivity index (χ3v) is 5.90. The van der Waals surface area contributed by atoms with Crippen LogP contribution < -0.4 is 15.4 Å². The van der Waals surface area contributed by atoms with Crippen LogP contribution in [0.5, 0.6) is 11.5 Å². The molecule has 0 spiro atoms. The number of nitrogens with zero attached hydrogens (tertiary/aromatic N) is 3. The molecule has 0 aliphatic carbocycles. The van der Waals surface area contributed by atoms with Crippen molar-refractivity contribution in [3.8, 4) is 11.5 Å². The fraction of sp³-hybridized carbons (Fsp3) is 0.333. The lowest BCUT2D eigenvalue weighted by molar-refractivity contribution is 0.196. The number of guanidine groups is 1. The number of benzene rings is 2. The lowest BCUT2D eigenvalue weighted by atomic mass is 10.0. The molecule has 2 N–H and O–H groups in total. The highest BCUT2D eigenvalue weighted by Gasteiger charge is 2.20. The number of para-hydroxylation sites is 1. The molecular weight excluding hydrogens is 537 g/mol. The first-order valence-electron chi connectivity index (χ1n) is 11.6. The number of rotatable bonds is 7. The summed E-state index contributed by atoms with van der Waals surface area (Å²) in [4.78, 5) is 11.4. The number of piperidine rings is 1. The van der Waals surface area contributed by atoms with E-state index in [9.17, 15) is 0 Å². The Kier molecular flexibility index (Phi) is 10.2. The fourth-order valence-electron chi connectivity index (χ4n) is 4.08. The van der Waals surface area contributed by atoms with Crippen LogP contribution in [0.25, 0.3) is 0 Å². The van der Waals surface area contributed by atoms with Gasteiger partial charge in [-0.3, -0.25) is 14.9 Å². The number of ether oxygens (including phenoxy) is 1. The van der Waals surface area contributed by atoms with Crippen LogP contribution in [0.3, 0.4) is 0 Å². The Morgan fingerprint density at radius 2 is 1.85 bits per heavy atom.